The van der Waals surface area contributed by atoms with Gasteiger partial charge in [0.05, 0.1) is 12.4 Å². The fourth-order valence-corrected chi connectivity index (χ4v) is 3.87. The first-order chi connectivity index (χ1) is 14.7. The van der Waals surface area contributed by atoms with Crippen molar-refractivity contribution < 1.29 is 9.26 Å². The normalized spacial score (nSPS) is 11.0. The summed E-state index contributed by atoms with van der Waals surface area (Å²) in [5, 5.41) is 13.4. The first-order valence-electron chi connectivity index (χ1n) is 9.88. The van der Waals surface area contributed by atoms with E-state index in [1.165, 1.54) is 17.3 Å². The van der Waals surface area contributed by atoms with Crippen LogP contribution in [0.2, 0.25) is 0 Å². The van der Waals surface area contributed by atoms with Crippen molar-refractivity contribution in [3.63, 3.8) is 0 Å². The van der Waals surface area contributed by atoms with Gasteiger partial charge < -0.3 is 9.26 Å². The van der Waals surface area contributed by atoms with Crippen LogP contribution in [0.3, 0.4) is 0 Å². The molecule has 2 aromatic carbocycles. The number of aromatic nitrogens is 5. The highest BCUT2D eigenvalue weighted by atomic mass is 32.2. The molecule has 0 unspecified atom stereocenters. The minimum atomic E-state index is 0.509. The predicted octanol–water partition coefficient (Wildman–Crippen LogP) is 4.88. The van der Waals surface area contributed by atoms with Crippen molar-refractivity contribution in [2.75, 3.05) is 6.61 Å². The summed E-state index contributed by atoms with van der Waals surface area (Å²) in [6.45, 7) is 6.68. The Morgan fingerprint density at radius 1 is 1.00 bits per heavy atom. The van der Waals surface area contributed by atoms with E-state index in [9.17, 15) is 0 Å². The molecule has 0 aliphatic heterocycles. The number of rotatable bonds is 8. The summed E-state index contributed by atoms with van der Waals surface area (Å²) in [4.78, 5) is 4.51. The van der Waals surface area contributed by atoms with E-state index in [1.54, 1.807) is 0 Å². The zero-order valence-corrected chi connectivity index (χ0v) is 18.0. The highest BCUT2D eigenvalue weighted by molar-refractivity contribution is 7.98. The summed E-state index contributed by atoms with van der Waals surface area (Å²) in [7, 11) is 0. The monoisotopic (exact) mass is 421 g/mol. The summed E-state index contributed by atoms with van der Waals surface area (Å²) in [5.74, 6) is 3.26. The van der Waals surface area contributed by atoms with Crippen molar-refractivity contribution >= 4 is 11.8 Å². The Morgan fingerprint density at radius 2 is 1.77 bits per heavy atom. The van der Waals surface area contributed by atoms with E-state index in [1.807, 2.05) is 42.7 Å². The summed E-state index contributed by atoms with van der Waals surface area (Å²) >= 11 is 1.52. The molecular formula is C22H23N5O2S. The van der Waals surface area contributed by atoms with Gasteiger partial charge in [0.1, 0.15) is 11.6 Å². The van der Waals surface area contributed by atoms with Gasteiger partial charge in [-0.1, -0.05) is 36.0 Å². The van der Waals surface area contributed by atoms with Gasteiger partial charge in [-0.25, -0.2) is 0 Å². The lowest BCUT2D eigenvalue weighted by Gasteiger charge is -2.08. The van der Waals surface area contributed by atoms with Crippen LogP contribution in [-0.2, 0) is 12.2 Å². The number of aryl methyl sites for hydroxylation is 2. The van der Waals surface area contributed by atoms with E-state index in [2.05, 4.69) is 51.5 Å². The fraction of sp³-hybridized carbons (Fsp3) is 0.273. The van der Waals surface area contributed by atoms with Gasteiger partial charge in [0.15, 0.2) is 5.16 Å². The summed E-state index contributed by atoms with van der Waals surface area (Å²) in [6.07, 6.45) is 1.01. The molecule has 7 nitrogen and oxygen atoms in total. The molecule has 2 heterocycles. The van der Waals surface area contributed by atoms with E-state index in [0.717, 1.165) is 34.4 Å². The molecule has 0 atom stereocenters. The van der Waals surface area contributed by atoms with Crippen molar-refractivity contribution in [3.8, 4) is 22.8 Å². The van der Waals surface area contributed by atoms with Gasteiger partial charge in [0, 0.05) is 11.3 Å². The number of benzene rings is 2. The Kier molecular flexibility index (Phi) is 6.13. The summed E-state index contributed by atoms with van der Waals surface area (Å²) in [5.41, 5.74) is 3.22. The molecule has 0 saturated carbocycles. The molecule has 2 aromatic heterocycles. The average Bonchev–Trinajstić information content (AvgIpc) is 3.40. The van der Waals surface area contributed by atoms with Crippen molar-refractivity contribution in [2.45, 2.75) is 38.1 Å². The van der Waals surface area contributed by atoms with Crippen LogP contribution in [0.4, 0.5) is 0 Å². The van der Waals surface area contributed by atoms with Gasteiger partial charge in [0.25, 0.3) is 0 Å². The second-order valence-electron chi connectivity index (χ2n) is 6.64. The average molecular weight is 422 g/mol. The van der Waals surface area contributed by atoms with Crippen LogP contribution >= 0.6 is 11.8 Å². The molecule has 0 amide bonds. The molecule has 4 aromatic rings. The van der Waals surface area contributed by atoms with Gasteiger partial charge in [-0.3, -0.25) is 4.57 Å². The highest BCUT2D eigenvalue weighted by Gasteiger charge is 2.15. The lowest BCUT2D eigenvalue weighted by atomic mass is 10.1. The Labute approximate surface area is 179 Å². The number of thioether (sulfide) groups is 1. The lowest BCUT2D eigenvalue weighted by Crippen LogP contribution is -1.99. The van der Waals surface area contributed by atoms with Gasteiger partial charge in [-0.2, -0.15) is 4.98 Å². The second-order valence-corrected chi connectivity index (χ2v) is 7.59. The number of ether oxygens (including phenoxy) is 1. The Balaban J connectivity index is 1.47. The SMILES string of the molecule is CCOc1ccc(-c2noc(CSc3nnc(C)n3-c3ccc(CC)cc3)n2)cc1. The van der Waals surface area contributed by atoms with Crippen molar-refractivity contribution in [1.29, 1.82) is 0 Å². The van der Waals surface area contributed by atoms with Crippen LogP contribution in [0.15, 0.2) is 58.2 Å². The standard InChI is InChI=1S/C22H23N5O2S/c1-4-16-6-10-18(11-7-16)27-15(3)24-25-22(27)30-14-20-23-21(26-29-20)17-8-12-19(13-9-17)28-5-2/h6-13H,4-5,14H2,1-3H3. The topological polar surface area (TPSA) is 78.9 Å². The highest BCUT2D eigenvalue weighted by Crippen LogP contribution is 2.26. The predicted molar refractivity (Wildman–Crippen MR) is 116 cm³/mol. The minimum absolute atomic E-state index is 0.509. The van der Waals surface area contributed by atoms with Crippen LogP contribution < -0.4 is 4.74 Å². The third-order valence-electron chi connectivity index (χ3n) is 4.61. The Morgan fingerprint density at radius 3 is 2.47 bits per heavy atom. The molecule has 0 aliphatic rings. The van der Waals surface area contributed by atoms with E-state index in [-0.39, 0.29) is 0 Å². The fourth-order valence-electron chi connectivity index (χ4n) is 3.04. The van der Waals surface area contributed by atoms with Crippen molar-refractivity contribution in [2.24, 2.45) is 0 Å². The van der Waals surface area contributed by atoms with Crippen LogP contribution in [-0.4, -0.2) is 31.5 Å². The van der Waals surface area contributed by atoms with E-state index >= 15 is 0 Å². The number of hydrogen-bond donors (Lipinski definition) is 0. The van der Waals surface area contributed by atoms with E-state index in [0.29, 0.717) is 24.1 Å². The molecule has 8 heteroatoms. The molecule has 0 bridgehead atoms. The molecule has 0 N–H and O–H groups in total. The first-order valence-corrected chi connectivity index (χ1v) is 10.9. The maximum atomic E-state index is 5.47. The molecule has 0 saturated heterocycles. The van der Waals surface area contributed by atoms with E-state index in [4.69, 9.17) is 9.26 Å². The largest absolute Gasteiger partial charge is 0.494 e. The van der Waals surface area contributed by atoms with E-state index < -0.39 is 0 Å². The van der Waals surface area contributed by atoms with Crippen molar-refractivity contribution in [3.05, 3.63) is 65.8 Å². The molecule has 30 heavy (non-hydrogen) atoms. The van der Waals surface area contributed by atoms with Gasteiger partial charge in [-0.05, 0) is 62.2 Å². The van der Waals surface area contributed by atoms with Crippen LogP contribution in [0, 0.1) is 6.92 Å². The lowest BCUT2D eigenvalue weighted by molar-refractivity contribution is 0.340. The Bertz CT molecular complexity index is 1100. The van der Waals surface area contributed by atoms with Crippen LogP contribution in [0.5, 0.6) is 5.75 Å². The minimum Gasteiger partial charge on any atom is -0.494 e. The number of nitrogens with zero attached hydrogens (tertiary/aromatic N) is 5. The molecule has 0 spiro atoms. The third kappa shape index (κ3) is 4.38. The molecule has 0 fully saturated rings. The van der Waals surface area contributed by atoms with Gasteiger partial charge in [0.2, 0.25) is 11.7 Å². The molecule has 4 rings (SSSR count). The first kappa shape index (κ1) is 20.2. The smallest absolute Gasteiger partial charge is 0.237 e. The van der Waals surface area contributed by atoms with Crippen LogP contribution in [0.1, 0.15) is 31.1 Å². The third-order valence-corrected chi connectivity index (χ3v) is 5.53. The summed E-state index contributed by atoms with van der Waals surface area (Å²) in [6, 6.07) is 16.1. The summed E-state index contributed by atoms with van der Waals surface area (Å²) < 4.78 is 12.9. The molecular weight excluding hydrogens is 398 g/mol. The van der Waals surface area contributed by atoms with Gasteiger partial charge in [-0.15, -0.1) is 10.2 Å². The van der Waals surface area contributed by atoms with Gasteiger partial charge >= 0.3 is 0 Å². The number of hydrogen-bond acceptors (Lipinski definition) is 7. The zero-order valence-electron chi connectivity index (χ0n) is 17.2. The maximum absolute atomic E-state index is 5.47. The second kappa shape index (κ2) is 9.13. The maximum Gasteiger partial charge on any atom is 0.237 e. The molecule has 0 radical (unpaired) electrons. The van der Waals surface area contributed by atoms with Crippen molar-refractivity contribution in [1.82, 2.24) is 24.9 Å². The molecule has 154 valence electrons. The van der Waals surface area contributed by atoms with Crippen LogP contribution in [0.25, 0.3) is 17.1 Å². The Hall–Kier alpha value is -3.13. The quantitative estimate of drug-likeness (QED) is 0.375. The zero-order chi connectivity index (χ0) is 20.9. The molecule has 0 aliphatic carbocycles.